The molecule has 2 N–H and O–H groups in total. The van der Waals surface area contributed by atoms with Crippen molar-refractivity contribution in [2.24, 2.45) is 5.73 Å². The van der Waals surface area contributed by atoms with Gasteiger partial charge >= 0.3 is 0 Å². The number of benzene rings is 1. The van der Waals surface area contributed by atoms with Crippen LogP contribution in [0.5, 0.6) is 0 Å². The Morgan fingerprint density at radius 2 is 1.94 bits per heavy atom. The van der Waals surface area contributed by atoms with Crippen LogP contribution in [0.1, 0.15) is 23.3 Å². The second-order valence-corrected chi connectivity index (χ2v) is 4.27. The van der Waals surface area contributed by atoms with Crippen LogP contribution in [0.4, 0.5) is 0 Å². The molecule has 0 aliphatic rings. The number of furan rings is 1. The predicted molar refractivity (Wildman–Crippen MR) is 71.0 cm³/mol. The Morgan fingerprint density at radius 1 is 1.11 bits per heavy atom. The van der Waals surface area contributed by atoms with Gasteiger partial charge in [-0.3, -0.25) is 0 Å². The van der Waals surface area contributed by atoms with E-state index in [1.54, 1.807) is 6.26 Å². The van der Waals surface area contributed by atoms with Crippen LogP contribution >= 0.6 is 0 Å². The zero-order valence-electron chi connectivity index (χ0n) is 10.5. The normalized spacial score (nSPS) is 10.7. The molecule has 0 amide bonds. The van der Waals surface area contributed by atoms with Gasteiger partial charge in [0.15, 0.2) is 0 Å². The Kier molecular flexibility index (Phi) is 5.00. The maximum absolute atomic E-state index is 5.56. The fourth-order valence-electron chi connectivity index (χ4n) is 1.80. The Balaban J connectivity index is 1.61. The third kappa shape index (κ3) is 4.02. The Hall–Kier alpha value is -1.58. The summed E-state index contributed by atoms with van der Waals surface area (Å²) >= 11 is 0. The molecule has 1 aromatic heterocycles. The molecule has 0 aliphatic carbocycles. The molecule has 1 heterocycles. The summed E-state index contributed by atoms with van der Waals surface area (Å²) in [6.45, 7) is 1.78. The minimum Gasteiger partial charge on any atom is -0.467 e. The van der Waals surface area contributed by atoms with Crippen LogP contribution in [0.15, 0.2) is 47.1 Å². The molecule has 0 unspecified atom stereocenters. The van der Waals surface area contributed by atoms with Gasteiger partial charge in [0.2, 0.25) is 0 Å². The SMILES string of the molecule is NCc1coc(COCCCc2ccccc2)c1. The molecule has 0 atom stereocenters. The summed E-state index contributed by atoms with van der Waals surface area (Å²) in [6, 6.07) is 12.4. The number of aryl methyl sites for hydroxylation is 1. The lowest BCUT2D eigenvalue weighted by Gasteiger charge is -2.02. The Morgan fingerprint density at radius 3 is 2.67 bits per heavy atom. The van der Waals surface area contributed by atoms with Crippen molar-refractivity contribution in [1.29, 1.82) is 0 Å². The molecular weight excluding hydrogens is 226 g/mol. The van der Waals surface area contributed by atoms with E-state index in [1.807, 2.05) is 12.1 Å². The quantitative estimate of drug-likeness (QED) is 0.763. The molecule has 0 radical (unpaired) electrons. The molecular formula is C15H19NO2. The van der Waals surface area contributed by atoms with E-state index < -0.39 is 0 Å². The lowest BCUT2D eigenvalue weighted by Crippen LogP contribution is -1.97. The molecule has 0 saturated heterocycles. The first-order valence-corrected chi connectivity index (χ1v) is 6.26. The van der Waals surface area contributed by atoms with Gasteiger partial charge in [0.25, 0.3) is 0 Å². The first-order valence-electron chi connectivity index (χ1n) is 6.26. The van der Waals surface area contributed by atoms with E-state index >= 15 is 0 Å². The van der Waals surface area contributed by atoms with E-state index in [1.165, 1.54) is 5.56 Å². The second kappa shape index (κ2) is 6.99. The first kappa shape index (κ1) is 12.9. The molecule has 18 heavy (non-hydrogen) atoms. The Labute approximate surface area is 108 Å². The second-order valence-electron chi connectivity index (χ2n) is 4.27. The van der Waals surface area contributed by atoms with Crippen LogP contribution in [-0.4, -0.2) is 6.61 Å². The Bertz CT molecular complexity index is 451. The van der Waals surface area contributed by atoms with Gasteiger partial charge in [0, 0.05) is 18.7 Å². The van der Waals surface area contributed by atoms with E-state index in [0.29, 0.717) is 13.2 Å². The number of ether oxygens (including phenoxy) is 1. The molecule has 0 bridgehead atoms. The smallest absolute Gasteiger partial charge is 0.129 e. The molecule has 0 aliphatic heterocycles. The molecule has 3 nitrogen and oxygen atoms in total. The van der Waals surface area contributed by atoms with E-state index in [4.69, 9.17) is 14.9 Å². The summed E-state index contributed by atoms with van der Waals surface area (Å²) in [4.78, 5) is 0. The maximum Gasteiger partial charge on any atom is 0.129 e. The molecule has 2 aromatic rings. The van der Waals surface area contributed by atoms with Gasteiger partial charge in [-0.25, -0.2) is 0 Å². The molecule has 1 aromatic carbocycles. The van der Waals surface area contributed by atoms with Crippen LogP contribution < -0.4 is 5.73 Å². The molecule has 96 valence electrons. The van der Waals surface area contributed by atoms with Gasteiger partial charge in [-0.05, 0) is 24.5 Å². The minimum absolute atomic E-state index is 0.511. The number of nitrogens with two attached hydrogens (primary N) is 1. The lowest BCUT2D eigenvalue weighted by molar-refractivity contribution is 0.104. The van der Waals surface area contributed by atoms with E-state index in [9.17, 15) is 0 Å². The lowest BCUT2D eigenvalue weighted by atomic mass is 10.1. The predicted octanol–water partition coefficient (Wildman–Crippen LogP) is 2.89. The van der Waals surface area contributed by atoms with Crippen LogP contribution in [0.3, 0.4) is 0 Å². The van der Waals surface area contributed by atoms with Crippen LogP contribution in [0.25, 0.3) is 0 Å². The highest BCUT2D eigenvalue weighted by atomic mass is 16.5. The number of rotatable bonds is 7. The molecule has 3 heteroatoms. The highest BCUT2D eigenvalue weighted by molar-refractivity contribution is 5.14. The van der Waals surface area contributed by atoms with Crippen LogP contribution in [0.2, 0.25) is 0 Å². The van der Waals surface area contributed by atoms with Gasteiger partial charge in [-0.1, -0.05) is 30.3 Å². The van der Waals surface area contributed by atoms with Crippen molar-refractivity contribution < 1.29 is 9.15 Å². The summed E-state index contributed by atoms with van der Waals surface area (Å²) in [5.41, 5.74) is 7.87. The first-order chi connectivity index (χ1) is 8.88. The fourth-order valence-corrected chi connectivity index (χ4v) is 1.80. The molecule has 2 rings (SSSR count). The monoisotopic (exact) mass is 245 g/mol. The zero-order valence-corrected chi connectivity index (χ0v) is 10.5. The van der Waals surface area contributed by atoms with Gasteiger partial charge in [-0.15, -0.1) is 0 Å². The van der Waals surface area contributed by atoms with E-state index in [2.05, 4.69) is 24.3 Å². The summed E-state index contributed by atoms with van der Waals surface area (Å²) in [7, 11) is 0. The average molecular weight is 245 g/mol. The van der Waals surface area contributed by atoms with Gasteiger partial charge in [-0.2, -0.15) is 0 Å². The third-order valence-corrected chi connectivity index (χ3v) is 2.79. The minimum atomic E-state index is 0.511. The van der Waals surface area contributed by atoms with Crippen molar-refractivity contribution >= 4 is 0 Å². The van der Waals surface area contributed by atoms with Gasteiger partial charge in [0.1, 0.15) is 12.4 Å². The maximum atomic E-state index is 5.56. The number of hydrogen-bond acceptors (Lipinski definition) is 3. The van der Waals surface area contributed by atoms with Gasteiger partial charge in [0.05, 0.1) is 6.26 Å². The van der Waals surface area contributed by atoms with Crippen LogP contribution in [-0.2, 0) is 24.3 Å². The van der Waals surface area contributed by atoms with Crippen molar-refractivity contribution in [3.8, 4) is 0 Å². The molecule has 0 spiro atoms. The highest BCUT2D eigenvalue weighted by Crippen LogP contribution is 2.09. The molecule has 0 saturated carbocycles. The molecule has 0 fully saturated rings. The zero-order chi connectivity index (χ0) is 12.6. The standard InChI is InChI=1S/C15H19NO2/c16-10-14-9-15(18-11-14)12-17-8-4-7-13-5-2-1-3-6-13/h1-3,5-6,9,11H,4,7-8,10,12,16H2. The van der Waals surface area contributed by atoms with Crippen molar-refractivity contribution in [2.45, 2.75) is 26.0 Å². The van der Waals surface area contributed by atoms with Gasteiger partial charge < -0.3 is 14.9 Å². The van der Waals surface area contributed by atoms with Crippen molar-refractivity contribution in [3.63, 3.8) is 0 Å². The van der Waals surface area contributed by atoms with E-state index in [0.717, 1.165) is 30.8 Å². The fraction of sp³-hybridized carbons (Fsp3) is 0.333. The summed E-state index contributed by atoms with van der Waals surface area (Å²) < 4.78 is 10.9. The average Bonchev–Trinajstić information content (AvgIpc) is 2.87. The highest BCUT2D eigenvalue weighted by Gasteiger charge is 2.00. The third-order valence-electron chi connectivity index (χ3n) is 2.79. The van der Waals surface area contributed by atoms with Crippen molar-refractivity contribution in [3.05, 3.63) is 59.5 Å². The van der Waals surface area contributed by atoms with Crippen molar-refractivity contribution in [1.82, 2.24) is 0 Å². The largest absolute Gasteiger partial charge is 0.467 e. The summed E-state index contributed by atoms with van der Waals surface area (Å²) in [6.07, 6.45) is 3.75. The van der Waals surface area contributed by atoms with Crippen molar-refractivity contribution in [2.75, 3.05) is 6.61 Å². The summed E-state index contributed by atoms with van der Waals surface area (Å²) in [5, 5.41) is 0. The summed E-state index contributed by atoms with van der Waals surface area (Å²) in [5.74, 6) is 0.843. The van der Waals surface area contributed by atoms with E-state index in [-0.39, 0.29) is 0 Å². The number of hydrogen-bond donors (Lipinski definition) is 1. The van der Waals surface area contributed by atoms with Crippen LogP contribution in [0, 0.1) is 0 Å². The topological polar surface area (TPSA) is 48.4 Å².